The predicted molar refractivity (Wildman–Crippen MR) is 91.3 cm³/mol. The third kappa shape index (κ3) is 3.98. The van der Waals surface area contributed by atoms with Crippen molar-refractivity contribution in [1.29, 1.82) is 0 Å². The van der Waals surface area contributed by atoms with Gasteiger partial charge in [-0.3, -0.25) is 4.79 Å². The molecule has 3 heteroatoms. The molecular weight excluding hydrogens is 286 g/mol. The van der Waals surface area contributed by atoms with Crippen molar-refractivity contribution in [1.82, 2.24) is 5.32 Å². The third-order valence-corrected chi connectivity index (χ3v) is 3.44. The van der Waals surface area contributed by atoms with E-state index < -0.39 is 0 Å². The van der Waals surface area contributed by atoms with E-state index >= 15 is 0 Å². The number of benzene rings is 2. The summed E-state index contributed by atoms with van der Waals surface area (Å²) in [6.07, 6.45) is 3.49. The van der Waals surface area contributed by atoms with Gasteiger partial charge in [-0.25, -0.2) is 0 Å². The van der Waals surface area contributed by atoms with Crippen molar-refractivity contribution in [2.24, 2.45) is 0 Å². The Morgan fingerprint density at radius 2 is 1.61 bits per heavy atom. The van der Waals surface area contributed by atoms with Gasteiger partial charge in [0, 0.05) is 5.57 Å². The Hall–Kier alpha value is -3.07. The van der Waals surface area contributed by atoms with Gasteiger partial charge in [0.2, 0.25) is 0 Å². The van der Waals surface area contributed by atoms with Gasteiger partial charge in [-0.15, -0.1) is 0 Å². The van der Waals surface area contributed by atoms with Crippen molar-refractivity contribution >= 4 is 17.6 Å². The van der Waals surface area contributed by atoms with Crippen LogP contribution in [0.15, 0.2) is 83.5 Å². The molecule has 0 aliphatic heterocycles. The Labute approximate surface area is 135 Å². The fourth-order valence-electron chi connectivity index (χ4n) is 2.29. The van der Waals surface area contributed by atoms with Gasteiger partial charge in [0.15, 0.2) is 0 Å². The number of carbonyl (C=O) groups is 1. The lowest BCUT2D eigenvalue weighted by Gasteiger charge is -2.09. The molecule has 1 amide bonds. The summed E-state index contributed by atoms with van der Waals surface area (Å²) in [6.45, 7) is 0.366. The zero-order valence-electron chi connectivity index (χ0n) is 12.6. The molecule has 114 valence electrons. The molecule has 1 heterocycles. The quantitative estimate of drug-likeness (QED) is 0.568. The zero-order chi connectivity index (χ0) is 15.9. The molecule has 0 saturated carbocycles. The average molecular weight is 303 g/mol. The van der Waals surface area contributed by atoms with Crippen molar-refractivity contribution in [3.8, 4) is 0 Å². The van der Waals surface area contributed by atoms with E-state index in [4.69, 9.17) is 4.42 Å². The SMILES string of the molecule is O=C(NCc1ccco1)C(=Cc1ccccc1)c1ccccc1. The zero-order valence-corrected chi connectivity index (χ0v) is 12.6. The number of amides is 1. The first-order chi connectivity index (χ1) is 11.3. The molecule has 0 atom stereocenters. The summed E-state index contributed by atoms with van der Waals surface area (Å²) < 4.78 is 5.25. The van der Waals surface area contributed by atoms with Crippen LogP contribution in [0.3, 0.4) is 0 Å². The Morgan fingerprint density at radius 3 is 2.26 bits per heavy atom. The van der Waals surface area contributed by atoms with Gasteiger partial charge in [0.1, 0.15) is 5.76 Å². The van der Waals surface area contributed by atoms with Crippen LogP contribution in [0.4, 0.5) is 0 Å². The van der Waals surface area contributed by atoms with Gasteiger partial charge in [-0.2, -0.15) is 0 Å². The molecule has 3 rings (SSSR count). The summed E-state index contributed by atoms with van der Waals surface area (Å²) >= 11 is 0. The number of rotatable bonds is 5. The number of hydrogen-bond acceptors (Lipinski definition) is 2. The highest BCUT2D eigenvalue weighted by Gasteiger charge is 2.12. The van der Waals surface area contributed by atoms with Crippen LogP contribution in [0.2, 0.25) is 0 Å². The van der Waals surface area contributed by atoms with Crippen molar-refractivity contribution in [3.63, 3.8) is 0 Å². The highest BCUT2D eigenvalue weighted by Crippen LogP contribution is 2.18. The molecular formula is C20H17NO2. The molecule has 0 saturated heterocycles. The van der Waals surface area contributed by atoms with Gasteiger partial charge in [-0.05, 0) is 29.3 Å². The van der Waals surface area contributed by atoms with Crippen LogP contribution in [0.1, 0.15) is 16.9 Å². The molecule has 0 aliphatic rings. The van der Waals surface area contributed by atoms with Crippen LogP contribution < -0.4 is 5.32 Å². The molecule has 2 aromatic carbocycles. The van der Waals surface area contributed by atoms with E-state index in [-0.39, 0.29) is 5.91 Å². The van der Waals surface area contributed by atoms with Gasteiger partial charge in [0.25, 0.3) is 5.91 Å². The lowest BCUT2D eigenvalue weighted by molar-refractivity contribution is -0.115. The van der Waals surface area contributed by atoms with Crippen LogP contribution in [0, 0.1) is 0 Å². The molecule has 0 spiro atoms. The fraction of sp³-hybridized carbons (Fsp3) is 0.0500. The lowest BCUT2D eigenvalue weighted by atomic mass is 10.0. The number of carbonyl (C=O) groups excluding carboxylic acids is 1. The van der Waals surface area contributed by atoms with E-state index in [0.29, 0.717) is 12.1 Å². The third-order valence-electron chi connectivity index (χ3n) is 3.44. The van der Waals surface area contributed by atoms with Crippen LogP contribution in [0.25, 0.3) is 11.6 Å². The highest BCUT2D eigenvalue weighted by atomic mass is 16.3. The van der Waals surface area contributed by atoms with Crippen LogP contribution >= 0.6 is 0 Å². The largest absolute Gasteiger partial charge is 0.467 e. The maximum Gasteiger partial charge on any atom is 0.252 e. The topological polar surface area (TPSA) is 42.2 Å². The predicted octanol–water partition coefficient (Wildman–Crippen LogP) is 4.14. The van der Waals surface area contributed by atoms with E-state index in [0.717, 1.165) is 16.9 Å². The van der Waals surface area contributed by atoms with Crippen LogP contribution in [-0.4, -0.2) is 5.91 Å². The van der Waals surface area contributed by atoms with E-state index in [1.807, 2.05) is 72.8 Å². The molecule has 0 fully saturated rings. The van der Waals surface area contributed by atoms with Gasteiger partial charge in [0.05, 0.1) is 12.8 Å². The first-order valence-corrected chi connectivity index (χ1v) is 7.46. The fourth-order valence-corrected chi connectivity index (χ4v) is 2.29. The normalized spacial score (nSPS) is 11.2. The van der Waals surface area contributed by atoms with Crippen molar-refractivity contribution < 1.29 is 9.21 Å². The monoisotopic (exact) mass is 303 g/mol. The molecule has 0 unspecified atom stereocenters. The molecule has 23 heavy (non-hydrogen) atoms. The molecule has 0 aliphatic carbocycles. The highest BCUT2D eigenvalue weighted by molar-refractivity contribution is 6.24. The van der Waals surface area contributed by atoms with Gasteiger partial charge >= 0.3 is 0 Å². The molecule has 3 nitrogen and oxygen atoms in total. The Bertz CT molecular complexity index is 775. The first kappa shape index (κ1) is 14.9. The molecule has 3 aromatic rings. The summed E-state index contributed by atoms with van der Waals surface area (Å²) in [6, 6.07) is 23.1. The minimum Gasteiger partial charge on any atom is -0.467 e. The Balaban J connectivity index is 1.86. The summed E-state index contributed by atoms with van der Waals surface area (Å²) in [4.78, 5) is 12.6. The van der Waals surface area contributed by atoms with Crippen molar-refractivity contribution in [3.05, 3.63) is 95.9 Å². The van der Waals surface area contributed by atoms with E-state index in [9.17, 15) is 4.79 Å². The minimum atomic E-state index is -0.128. The van der Waals surface area contributed by atoms with E-state index in [1.165, 1.54) is 0 Å². The number of hydrogen-bond donors (Lipinski definition) is 1. The lowest BCUT2D eigenvalue weighted by Crippen LogP contribution is -2.23. The molecule has 0 bridgehead atoms. The maximum absolute atomic E-state index is 12.6. The van der Waals surface area contributed by atoms with Crippen LogP contribution in [0.5, 0.6) is 0 Å². The van der Waals surface area contributed by atoms with Crippen molar-refractivity contribution in [2.45, 2.75) is 6.54 Å². The van der Waals surface area contributed by atoms with Gasteiger partial charge in [-0.1, -0.05) is 60.7 Å². The maximum atomic E-state index is 12.6. The summed E-state index contributed by atoms with van der Waals surface area (Å²) in [5.41, 5.74) is 2.50. The minimum absolute atomic E-state index is 0.128. The van der Waals surface area contributed by atoms with E-state index in [1.54, 1.807) is 12.3 Å². The Kier molecular flexibility index (Phi) is 4.69. The van der Waals surface area contributed by atoms with Crippen molar-refractivity contribution in [2.75, 3.05) is 0 Å². The second-order valence-electron chi connectivity index (χ2n) is 5.10. The number of furan rings is 1. The summed E-state index contributed by atoms with van der Waals surface area (Å²) in [5, 5.41) is 2.90. The molecule has 1 N–H and O–H groups in total. The second kappa shape index (κ2) is 7.27. The number of nitrogens with one attached hydrogen (secondary N) is 1. The summed E-state index contributed by atoms with van der Waals surface area (Å²) in [7, 11) is 0. The Morgan fingerprint density at radius 1 is 0.913 bits per heavy atom. The summed E-state index contributed by atoms with van der Waals surface area (Å²) in [5.74, 6) is 0.599. The second-order valence-corrected chi connectivity index (χ2v) is 5.10. The average Bonchev–Trinajstić information content (AvgIpc) is 3.13. The smallest absolute Gasteiger partial charge is 0.252 e. The molecule has 1 aromatic heterocycles. The standard InChI is InChI=1S/C20H17NO2/c22-20(21-15-18-12-7-13-23-18)19(17-10-5-2-6-11-17)14-16-8-3-1-4-9-16/h1-14H,15H2,(H,21,22). The molecule has 0 radical (unpaired) electrons. The van der Waals surface area contributed by atoms with Gasteiger partial charge < -0.3 is 9.73 Å². The van der Waals surface area contributed by atoms with E-state index in [2.05, 4.69) is 5.32 Å². The van der Waals surface area contributed by atoms with Crippen LogP contribution in [-0.2, 0) is 11.3 Å². The first-order valence-electron chi connectivity index (χ1n) is 7.46.